The highest BCUT2D eigenvalue weighted by Gasteiger charge is 2.29. The summed E-state index contributed by atoms with van der Waals surface area (Å²) in [6, 6.07) is 98.9. The zero-order valence-corrected chi connectivity index (χ0v) is 41.0. The number of hydrogen-bond donors (Lipinski definition) is 0. The molecule has 0 amide bonds. The maximum Gasteiger partial charge on any atom is 0.160 e. The van der Waals surface area contributed by atoms with E-state index >= 15 is 0 Å². The second-order valence-corrected chi connectivity index (χ2v) is 19.8. The molecule has 0 aliphatic rings. The van der Waals surface area contributed by atoms with Crippen LogP contribution in [0.1, 0.15) is 0 Å². The molecule has 3 heterocycles. The van der Waals surface area contributed by atoms with Crippen LogP contribution in [0.3, 0.4) is 0 Å². The van der Waals surface area contributed by atoms with Crippen molar-refractivity contribution in [3.05, 3.63) is 273 Å². The molecule has 14 aromatic rings. The van der Waals surface area contributed by atoms with E-state index in [1.807, 2.05) is 6.07 Å². The smallest absolute Gasteiger partial charge is 0.160 e. The molecule has 3 nitrogen and oxygen atoms in total. The van der Waals surface area contributed by atoms with Crippen LogP contribution >= 0.6 is 11.3 Å². The number of rotatable bonds is 9. The Bertz CT molecular complexity index is 4300. The highest BCUT2D eigenvalue weighted by molar-refractivity contribution is 7.26. The molecule has 0 radical (unpaired) electrons. The van der Waals surface area contributed by atoms with Crippen LogP contribution in [0.4, 0.5) is 0 Å². The lowest BCUT2D eigenvalue weighted by molar-refractivity contribution is 1.18. The monoisotopic (exact) mass is 959 g/mol. The van der Waals surface area contributed by atoms with E-state index in [9.17, 15) is 0 Å². The normalized spacial score (nSPS) is 11.5. The van der Waals surface area contributed by atoms with Crippen molar-refractivity contribution in [2.45, 2.75) is 0 Å². The van der Waals surface area contributed by atoms with Crippen LogP contribution in [0.5, 0.6) is 0 Å². The second-order valence-electron chi connectivity index (χ2n) is 18.8. The minimum atomic E-state index is 0.702. The molecule has 14 rings (SSSR count). The van der Waals surface area contributed by atoms with Gasteiger partial charge in [0.25, 0.3) is 0 Å². The Hall–Kier alpha value is -9.48. The number of hydrogen-bond acceptors (Lipinski definition) is 3. The Balaban J connectivity index is 1.21. The molecule has 0 N–H and O–H groups in total. The molecule has 0 atom stereocenters. The average Bonchev–Trinajstić information content (AvgIpc) is 4.10. The third-order valence-electron chi connectivity index (χ3n) is 14.4. The van der Waals surface area contributed by atoms with Gasteiger partial charge in [0.05, 0.1) is 32.6 Å². The summed E-state index contributed by atoms with van der Waals surface area (Å²) in [5.74, 6) is 0.702. The third kappa shape index (κ3) is 7.42. The zero-order chi connectivity index (χ0) is 49.0. The molecule has 0 saturated heterocycles. The van der Waals surface area contributed by atoms with Crippen molar-refractivity contribution < 1.29 is 0 Å². The number of aromatic nitrogens is 3. The molecular weight excluding hydrogens is 915 g/mol. The minimum Gasteiger partial charge on any atom is -0.307 e. The van der Waals surface area contributed by atoms with E-state index in [1.165, 1.54) is 26.6 Å². The van der Waals surface area contributed by atoms with Crippen molar-refractivity contribution in [3.8, 4) is 95.1 Å². The molecule has 0 saturated carbocycles. The molecule has 3 aromatic heterocycles. The van der Waals surface area contributed by atoms with Crippen LogP contribution in [-0.4, -0.2) is 14.5 Å². The number of benzene rings is 11. The van der Waals surface area contributed by atoms with Crippen LogP contribution in [0, 0.1) is 0 Å². The van der Waals surface area contributed by atoms with Crippen LogP contribution in [0.15, 0.2) is 273 Å². The van der Waals surface area contributed by atoms with Crippen LogP contribution in [0.25, 0.3) is 137 Å². The van der Waals surface area contributed by atoms with Gasteiger partial charge in [-0.3, -0.25) is 0 Å². The average molecular weight is 960 g/mol. The standard InChI is InChI=1S/C70H45N3S/c1-8-24-46(25-9-1)53-42-58(49-30-14-4-15-31-49)67-61(43-53)63-55(47-26-10-2-11-27-47)40-41-56(48-28-12-3-13-29-48)68(63)73(67)66-59(50-32-16-5-17-33-50)44-54(45-60(66)51-34-18-6-19-35-51)64-69-65(57-38-22-23-39-62(57)74-69)72-70(71-64)52-36-20-7-21-37-52/h1-45H. The SMILES string of the molecule is c1ccc(-c2cc(-c3ccccc3)c3c(c2)c2c(-c4ccccc4)ccc(-c4ccccc4)c2n3-c2c(-c3ccccc3)cc(-c3nc(-c4ccccc4)nc4c3sc3ccccc34)cc2-c2ccccc2)cc1. The van der Waals surface area contributed by atoms with Crippen LogP contribution in [0.2, 0.25) is 0 Å². The molecule has 11 aromatic carbocycles. The van der Waals surface area contributed by atoms with Gasteiger partial charge in [-0.1, -0.05) is 243 Å². The summed E-state index contributed by atoms with van der Waals surface area (Å²) in [5, 5.41) is 3.50. The van der Waals surface area contributed by atoms with Gasteiger partial charge in [-0.25, -0.2) is 9.97 Å². The summed E-state index contributed by atoms with van der Waals surface area (Å²) in [4.78, 5) is 10.9. The molecule has 0 fully saturated rings. The molecule has 0 aliphatic heterocycles. The van der Waals surface area contributed by atoms with Gasteiger partial charge >= 0.3 is 0 Å². The first-order chi connectivity index (χ1) is 36.7. The van der Waals surface area contributed by atoms with Crippen molar-refractivity contribution >= 4 is 53.4 Å². The summed E-state index contributed by atoms with van der Waals surface area (Å²) in [6.07, 6.45) is 0. The zero-order valence-electron chi connectivity index (χ0n) is 40.2. The quantitative estimate of drug-likeness (QED) is 0.144. The van der Waals surface area contributed by atoms with Crippen molar-refractivity contribution in [3.63, 3.8) is 0 Å². The van der Waals surface area contributed by atoms with Gasteiger partial charge < -0.3 is 4.57 Å². The molecule has 74 heavy (non-hydrogen) atoms. The van der Waals surface area contributed by atoms with Crippen LogP contribution in [-0.2, 0) is 0 Å². The Labute approximate surface area is 433 Å². The number of thiophene rings is 1. The summed E-state index contributed by atoms with van der Waals surface area (Å²) in [5.41, 5.74) is 20.8. The van der Waals surface area contributed by atoms with Gasteiger partial charge in [-0.2, -0.15) is 0 Å². The molecule has 0 unspecified atom stereocenters. The first kappa shape index (κ1) is 43.3. The predicted octanol–water partition coefficient (Wildman–Crippen LogP) is 19.3. The summed E-state index contributed by atoms with van der Waals surface area (Å²) < 4.78 is 4.88. The molecule has 0 aliphatic carbocycles. The Morgan fingerprint density at radius 3 is 1.28 bits per heavy atom. The highest BCUT2D eigenvalue weighted by Crippen LogP contribution is 2.52. The fraction of sp³-hybridized carbons (Fsp3) is 0. The molecular formula is C70H45N3S. The molecule has 0 spiro atoms. The summed E-state index contributed by atoms with van der Waals surface area (Å²) >= 11 is 1.76. The maximum atomic E-state index is 5.58. The highest BCUT2D eigenvalue weighted by atomic mass is 32.1. The lowest BCUT2D eigenvalue weighted by Gasteiger charge is -2.23. The fourth-order valence-corrected chi connectivity index (χ4v) is 12.2. The number of fused-ring (bicyclic) bond motifs is 6. The van der Waals surface area contributed by atoms with E-state index in [1.54, 1.807) is 11.3 Å². The third-order valence-corrected chi connectivity index (χ3v) is 15.6. The molecule has 4 heteroatoms. The van der Waals surface area contributed by atoms with E-state index in [-0.39, 0.29) is 0 Å². The van der Waals surface area contributed by atoms with Crippen LogP contribution < -0.4 is 0 Å². The van der Waals surface area contributed by atoms with Gasteiger partial charge in [0.15, 0.2) is 5.82 Å². The minimum absolute atomic E-state index is 0.702. The Morgan fingerprint density at radius 1 is 0.297 bits per heavy atom. The van der Waals surface area contributed by atoms with E-state index < -0.39 is 0 Å². The molecule has 346 valence electrons. The fourth-order valence-electron chi connectivity index (χ4n) is 11.0. The Morgan fingerprint density at radius 2 is 0.730 bits per heavy atom. The van der Waals surface area contributed by atoms with Crippen molar-refractivity contribution in [1.29, 1.82) is 0 Å². The van der Waals surface area contributed by atoms with Crippen molar-refractivity contribution in [2.75, 3.05) is 0 Å². The topological polar surface area (TPSA) is 30.7 Å². The van der Waals surface area contributed by atoms with Gasteiger partial charge in [0.2, 0.25) is 0 Å². The van der Waals surface area contributed by atoms with E-state index in [0.29, 0.717) is 5.82 Å². The predicted molar refractivity (Wildman–Crippen MR) is 313 cm³/mol. The lowest BCUT2D eigenvalue weighted by atomic mass is 9.91. The molecule has 0 bridgehead atoms. The first-order valence-electron chi connectivity index (χ1n) is 25.1. The largest absolute Gasteiger partial charge is 0.307 e. The van der Waals surface area contributed by atoms with Gasteiger partial charge in [-0.15, -0.1) is 11.3 Å². The van der Waals surface area contributed by atoms with Gasteiger partial charge in [0.1, 0.15) is 0 Å². The van der Waals surface area contributed by atoms with Gasteiger partial charge in [-0.05, 0) is 74.8 Å². The summed E-state index contributed by atoms with van der Waals surface area (Å²) in [6.45, 7) is 0. The second kappa shape index (κ2) is 18.3. The maximum absolute atomic E-state index is 5.58. The van der Waals surface area contributed by atoms with E-state index in [2.05, 4.69) is 271 Å². The van der Waals surface area contributed by atoms with Gasteiger partial charge in [0, 0.05) is 54.2 Å². The van der Waals surface area contributed by atoms with E-state index in [4.69, 9.17) is 9.97 Å². The van der Waals surface area contributed by atoms with Crippen molar-refractivity contribution in [2.24, 2.45) is 0 Å². The Kier molecular flexibility index (Phi) is 10.7. The first-order valence-corrected chi connectivity index (χ1v) is 26.0. The lowest BCUT2D eigenvalue weighted by Crippen LogP contribution is -2.04. The summed E-state index contributed by atoms with van der Waals surface area (Å²) in [7, 11) is 0. The number of nitrogens with zero attached hydrogens (tertiary/aromatic N) is 3. The van der Waals surface area contributed by atoms with E-state index in [0.717, 1.165) is 105 Å². The van der Waals surface area contributed by atoms with Crippen molar-refractivity contribution in [1.82, 2.24) is 14.5 Å².